The van der Waals surface area contributed by atoms with Crippen molar-refractivity contribution in [1.82, 2.24) is 4.90 Å². The number of carbonyl (C=O) groups excluding carboxylic acids is 1. The van der Waals surface area contributed by atoms with E-state index < -0.39 is 5.60 Å². The zero-order chi connectivity index (χ0) is 20.7. The van der Waals surface area contributed by atoms with Gasteiger partial charge in [-0.1, -0.05) is 42.5 Å². The smallest absolute Gasteiger partial charge is 0.410 e. The van der Waals surface area contributed by atoms with Crippen molar-refractivity contribution < 1.29 is 14.3 Å². The number of nitrogens with zero attached hydrogens (tertiary/aromatic N) is 1. The summed E-state index contributed by atoms with van der Waals surface area (Å²) in [5.41, 5.74) is 2.12. The van der Waals surface area contributed by atoms with Gasteiger partial charge in [0, 0.05) is 19.0 Å². The van der Waals surface area contributed by atoms with Gasteiger partial charge in [-0.2, -0.15) is 0 Å². The normalized spacial score (nSPS) is 17.1. The topological polar surface area (TPSA) is 38.8 Å². The fourth-order valence-electron chi connectivity index (χ4n) is 3.71. The van der Waals surface area contributed by atoms with E-state index in [-0.39, 0.29) is 12.1 Å². The molecule has 0 saturated carbocycles. The summed E-state index contributed by atoms with van der Waals surface area (Å²) in [6, 6.07) is 19.0. The third-order valence-electron chi connectivity index (χ3n) is 5.15. The number of piperidine rings is 1. The Morgan fingerprint density at radius 2 is 1.69 bits per heavy atom. The van der Waals surface area contributed by atoms with Crippen LogP contribution >= 0.6 is 0 Å². The highest BCUT2D eigenvalue weighted by Crippen LogP contribution is 2.23. The summed E-state index contributed by atoms with van der Waals surface area (Å²) >= 11 is 0. The van der Waals surface area contributed by atoms with E-state index in [1.165, 1.54) is 11.1 Å². The fourth-order valence-corrected chi connectivity index (χ4v) is 3.71. The average Bonchev–Trinajstić information content (AvgIpc) is 2.69. The second-order valence-corrected chi connectivity index (χ2v) is 8.77. The summed E-state index contributed by atoms with van der Waals surface area (Å²) in [5.74, 6) is 0.876. The number of amides is 1. The van der Waals surface area contributed by atoms with Crippen molar-refractivity contribution in [2.24, 2.45) is 0 Å². The molecule has 0 aromatic heterocycles. The molecule has 2 aromatic carbocycles. The van der Waals surface area contributed by atoms with Crippen LogP contribution < -0.4 is 4.74 Å². The first-order chi connectivity index (χ1) is 13.9. The first-order valence-corrected chi connectivity index (χ1v) is 10.7. The zero-order valence-electron chi connectivity index (χ0n) is 17.9. The first-order valence-electron chi connectivity index (χ1n) is 10.7. The van der Waals surface area contributed by atoms with Gasteiger partial charge in [0.15, 0.2) is 0 Å². The van der Waals surface area contributed by atoms with Gasteiger partial charge in [0.05, 0.1) is 6.61 Å². The number of hydrogen-bond acceptors (Lipinski definition) is 3. The van der Waals surface area contributed by atoms with Gasteiger partial charge in [-0.05, 0) is 69.7 Å². The molecule has 0 bridgehead atoms. The van der Waals surface area contributed by atoms with Crippen molar-refractivity contribution >= 4 is 6.09 Å². The molecule has 1 fully saturated rings. The third kappa shape index (κ3) is 6.81. The largest absolute Gasteiger partial charge is 0.494 e. The van der Waals surface area contributed by atoms with Crippen LogP contribution in [0.1, 0.15) is 57.6 Å². The van der Waals surface area contributed by atoms with Crippen LogP contribution in [-0.2, 0) is 11.2 Å². The van der Waals surface area contributed by atoms with Crippen LogP contribution in [0.5, 0.6) is 5.75 Å². The molecule has 156 valence electrons. The Balaban J connectivity index is 1.48. The van der Waals surface area contributed by atoms with Crippen LogP contribution in [0.4, 0.5) is 4.79 Å². The molecular weight excluding hydrogens is 362 g/mol. The standard InChI is InChI=1S/C25H33NO3/c1-25(2,3)29-24(27)26-17-8-7-11-22(26)16-18-28-23-14-12-21(13-15-23)19-20-9-5-4-6-10-20/h4-6,9-10,12-15,22H,7-8,11,16-19H2,1-3H3/t22-/m0/s1. The highest BCUT2D eigenvalue weighted by molar-refractivity contribution is 5.68. The van der Waals surface area contributed by atoms with Crippen molar-refractivity contribution in [3.63, 3.8) is 0 Å². The van der Waals surface area contributed by atoms with Crippen molar-refractivity contribution in [2.75, 3.05) is 13.2 Å². The van der Waals surface area contributed by atoms with E-state index >= 15 is 0 Å². The quantitative estimate of drug-likeness (QED) is 0.617. The Hall–Kier alpha value is -2.49. The molecule has 0 aliphatic carbocycles. The summed E-state index contributed by atoms with van der Waals surface area (Å²) in [6.45, 7) is 7.10. The molecule has 1 saturated heterocycles. The summed E-state index contributed by atoms with van der Waals surface area (Å²) in [5, 5.41) is 0. The van der Waals surface area contributed by atoms with Crippen LogP contribution in [0.3, 0.4) is 0 Å². The molecule has 4 nitrogen and oxygen atoms in total. The Morgan fingerprint density at radius 3 is 2.38 bits per heavy atom. The summed E-state index contributed by atoms with van der Waals surface area (Å²) < 4.78 is 11.5. The van der Waals surface area contributed by atoms with Gasteiger partial charge in [-0.25, -0.2) is 4.79 Å². The molecule has 1 heterocycles. The number of likely N-dealkylation sites (tertiary alicyclic amines) is 1. The maximum atomic E-state index is 12.5. The Labute approximate surface area is 174 Å². The number of benzene rings is 2. The van der Waals surface area contributed by atoms with Gasteiger partial charge in [0.25, 0.3) is 0 Å². The molecule has 3 rings (SSSR count). The molecule has 29 heavy (non-hydrogen) atoms. The molecule has 1 aliphatic rings. The number of rotatable bonds is 6. The highest BCUT2D eigenvalue weighted by atomic mass is 16.6. The van der Waals surface area contributed by atoms with Gasteiger partial charge in [0.1, 0.15) is 11.4 Å². The summed E-state index contributed by atoms with van der Waals surface area (Å²) in [7, 11) is 0. The lowest BCUT2D eigenvalue weighted by Gasteiger charge is -2.36. The predicted molar refractivity (Wildman–Crippen MR) is 116 cm³/mol. The van der Waals surface area contributed by atoms with Crippen LogP contribution in [0.25, 0.3) is 0 Å². The Morgan fingerprint density at radius 1 is 1.00 bits per heavy atom. The molecule has 0 unspecified atom stereocenters. The van der Waals surface area contributed by atoms with E-state index in [1.54, 1.807) is 0 Å². The number of carbonyl (C=O) groups is 1. The second-order valence-electron chi connectivity index (χ2n) is 8.77. The predicted octanol–water partition coefficient (Wildman–Crippen LogP) is 5.84. The van der Waals surface area contributed by atoms with Gasteiger partial charge < -0.3 is 14.4 Å². The lowest BCUT2D eigenvalue weighted by molar-refractivity contribution is 0.00743. The minimum absolute atomic E-state index is 0.191. The fraction of sp³-hybridized carbons (Fsp3) is 0.480. The molecular formula is C25H33NO3. The molecule has 0 radical (unpaired) electrons. The third-order valence-corrected chi connectivity index (χ3v) is 5.15. The lowest BCUT2D eigenvalue weighted by Crippen LogP contribution is -2.46. The lowest BCUT2D eigenvalue weighted by atomic mass is 10.0. The maximum absolute atomic E-state index is 12.5. The summed E-state index contributed by atoms with van der Waals surface area (Å²) in [6.07, 6.45) is 4.75. The summed E-state index contributed by atoms with van der Waals surface area (Å²) in [4.78, 5) is 14.4. The van der Waals surface area contributed by atoms with E-state index in [0.29, 0.717) is 6.61 Å². The molecule has 0 N–H and O–H groups in total. The molecule has 2 aromatic rings. The van der Waals surface area contributed by atoms with E-state index in [1.807, 2.05) is 43.9 Å². The minimum atomic E-state index is -0.461. The minimum Gasteiger partial charge on any atom is -0.494 e. The van der Waals surface area contributed by atoms with E-state index in [2.05, 4.69) is 36.4 Å². The molecule has 4 heteroatoms. The van der Waals surface area contributed by atoms with E-state index in [4.69, 9.17) is 9.47 Å². The molecule has 1 atom stereocenters. The molecule has 0 spiro atoms. The van der Waals surface area contributed by atoms with Crippen LogP contribution in [0.15, 0.2) is 54.6 Å². The average molecular weight is 396 g/mol. The van der Waals surface area contributed by atoms with Crippen molar-refractivity contribution in [3.05, 3.63) is 65.7 Å². The van der Waals surface area contributed by atoms with Gasteiger partial charge >= 0.3 is 6.09 Å². The SMILES string of the molecule is CC(C)(C)OC(=O)N1CCCC[C@H]1CCOc1ccc(Cc2ccccc2)cc1. The number of hydrogen-bond donors (Lipinski definition) is 0. The second kappa shape index (κ2) is 9.82. The Kier molecular flexibility index (Phi) is 7.18. The van der Waals surface area contributed by atoms with Crippen molar-refractivity contribution in [3.8, 4) is 5.75 Å². The van der Waals surface area contributed by atoms with E-state index in [0.717, 1.165) is 44.4 Å². The monoisotopic (exact) mass is 395 g/mol. The number of ether oxygens (including phenoxy) is 2. The van der Waals surface area contributed by atoms with Gasteiger partial charge in [0.2, 0.25) is 0 Å². The van der Waals surface area contributed by atoms with E-state index in [9.17, 15) is 4.79 Å². The van der Waals surface area contributed by atoms with Crippen LogP contribution in [-0.4, -0.2) is 35.8 Å². The highest BCUT2D eigenvalue weighted by Gasteiger charge is 2.30. The van der Waals surface area contributed by atoms with Crippen LogP contribution in [0, 0.1) is 0 Å². The zero-order valence-corrected chi connectivity index (χ0v) is 17.9. The van der Waals surface area contributed by atoms with Crippen LogP contribution in [0.2, 0.25) is 0 Å². The Bertz CT molecular complexity index is 765. The maximum Gasteiger partial charge on any atom is 0.410 e. The van der Waals surface area contributed by atoms with Gasteiger partial charge in [-0.3, -0.25) is 0 Å². The first kappa shape index (κ1) is 21.2. The molecule has 1 amide bonds. The molecule has 1 aliphatic heterocycles. The van der Waals surface area contributed by atoms with Gasteiger partial charge in [-0.15, -0.1) is 0 Å². The van der Waals surface area contributed by atoms with Crippen molar-refractivity contribution in [2.45, 2.75) is 64.5 Å². The van der Waals surface area contributed by atoms with Crippen molar-refractivity contribution in [1.29, 1.82) is 0 Å².